The Balaban J connectivity index is 3.36. The smallest absolute Gasteiger partial charge is 0.324 e. The van der Waals surface area contributed by atoms with Gasteiger partial charge in [0.1, 0.15) is 24.2 Å². The van der Waals surface area contributed by atoms with Crippen LogP contribution in [0, 0.1) is 23.7 Å². The third-order valence-corrected chi connectivity index (χ3v) is 9.59. The quantitative estimate of drug-likeness (QED) is 0.183. The molecule has 0 unspecified atom stereocenters. The standard InChI is InChI=1S/C38H65N7O7/c1-13-30(46)41-38(52)43(10)29(21-24(4)5)35(49)42(9)28(20-23(2)3)36(50)44(11)31(25(6)7)37(51)45(12)32(34(39)48)33(47)26(8)16-14-17-27-18-15-19-40-22-27/h15,18-19,22-26,28-29,31-33,47H,13-14,16-17,20-21H2,1-12H3,(H2,39,48)(H,41,46,52)/t26-,28+,29+,31+,32+,33-/m1/s1. The first-order valence-corrected chi connectivity index (χ1v) is 18.4. The molecule has 14 nitrogen and oxygen atoms in total. The van der Waals surface area contributed by atoms with Gasteiger partial charge in [0.25, 0.3) is 0 Å². The van der Waals surface area contributed by atoms with Crippen LogP contribution < -0.4 is 11.1 Å². The number of amides is 7. The Bertz CT molecular complexity index is 1340. The molecule has 0 aliphatic heterocycles. The molecule has 294 valence electrons. The van der Waals surface area contributed by atoms with Gasteiger partial charge in [-0.05, 0) is 67.4 Å². The molecule has 0 radical (unpaired) electrons. The van der Waals surface area contributed by atoms with Crippen molar-refractivity contribution < 1.29 is 33.9 Å². The summed E-state index contributed by atoms with van der Waals surface area (Å²) in [5, 5.41) is 13.6. The monoisotopic (exact) mass is 731 g/mol. The largest absolute Gasteiger partial charge is 0.390 e. The third kappa shape index (κ3) is 13.2. The Morgan fingerprint density at radius 2 is 1.31 bits per heavy atom. The van der Waals surface area contributed by atoms with Crippen molar-refractivity contribution in [2.24, 2.45) is 29.4 Å². The molecule has 0 bridgehead atoms. The minimum absolute atomic E-state index is 0.00249. The van der Waals surface area contributed by atoms with Crippen LogP contribution in [0.1, 0.15) is 93.1 Å². The van der Waals surface area contributed by atoms with Crippen molar-refractivity contribution in [3.63, 3.8) is 0 Å². The van der Waals surface area contributed by atoms with Crippen molar-refractivity contribution in [1.82, 2.24) is 29.9 Å². The number of hydrogen-bond acceptors (Lipinski definition) is 8. The van der Waals surface area contributed by atoms with Crippen molar-refractivity contribution in [1.29, 1.82) is 0 Å². The number of nitrogens with two attached hydrogens (primary N) is 1. The zero-order chi connectivity index (χ0) is 40.0. The second kappa shape index (κ2) is 21.5. The van der Waals surface area contributed by atoms with Gasteiger partial charge in [-0.3, -0.25) is 34.3 Å². The van der Waals surface area contributed by atoms with Crippen LogP contribution in [-0.2, 0) is 30.4 Å². The van der Waals surface area contributed by atoms with E-state index in [4.69, 9.17) is 5.73 Å². The molecule has 0 saturated heterocycles. The molecule has 1 aromatic heterocycles. The summed E-state index contributed by atoms with van der Waals surface area (Å²) < 4.78 is 0. The molecule has 7 amide bonds. The first kappa shape index (κ1) is 46.0. The zero-order valence-electron chi connectivity index (χ0n) is 33.5. The highest BCUT2D eigenvalue weighted by Gasteiger charge is 2.43. The number of nitrogens with one attached hydrogen (secondary N) is 1. The van der Waals surface area contributed by atoms with E-state index in [0.29, 0.717) is 6.42 Å². The van der Waals surface area contributed by atoms with E-state index in [1.165, 1.54) is 42.9 Å². The van der Waals surface area contributed by atoms with Gasteiger partial charge in [0.05, 0.1) is 6.10 Å². The fraction of sp³-hybridized carbons (Fsp3) is 0.711. The van der Waals surface area contributed by atoms with Crippen LogP contribution in [0.25, 0.3) is 0 Å². The van der Waals surface area contributed by atoms with Crippen molar-refractivity contribution in [3.8, 4) is 0 Å². The normalized spacial score (nSPS) is 14.9. The van der Waals surface area contributed by atoms with E-state index >= 15 is 0 Å². The number of pyridine rings is 1. The van der Waals surface area contributed by atoms with E-state index in [2.05, 4.69) is 10.3 Å². The Morgan fingerprint density at radius 3 is 1.77 bits per heavy atom. The summed E-state index contributed by atoms with van der Waals surface area (Å²) in [6, 6.07) is -1.28. The van der Waals surface area contributed by atoms with Gasteiger partial charge in [0.2, 0.25) is 29.5 Å². The average molecular weight is 732 g/mol. The minimum Gasteiger partial charge on any atom is -0.390 e. The van der Waals surface area contributed by atoms with Gasteiger partial charge < -0.3 is 30.4 Å². The highest BCUT2D eigenvalue weighted by Crippen LogP contribution is 2.24. The number of likely N-dealkylation sites (N-methyl/N-ethyl adjacent to an activating group) is 4. The SMILES string of the molecule is CCC(=O)NC(=O)N(C)[C@@H](CC(C)C)C(=O)N(C)[C@@H](CC(C)C)C(=O)N(C)[C@H](C(=O)N(C)[C@H](C(N)=O)[C@H](O)[C@H](C)CCCc1cccnc1)C(C)C. The average Bonchev–Trinajstić information content (AvgIpc) is 3.07. The maximum atomic E-state index is 14.4. The number of nitrogens with zero attached hydrogens (tertiary/aromatic N) is 5. The molecule has 0 fully saturated rings. The molecular weight excluding hydrogens is 666 g/mol. The number of aliphatic hydroxyl groups excluding tert-OH is 1. The molecule has 0 aliphatic carbocycles. The molecular formula is C38H65N7O7. The second-order valence-corrected chi connectivity index (χ2v) is 15.2. The van der Waals surface area contributed by atoms with Crippen molar-refractivity contribution in [2.75, 3.05) is 28.2 Å². The summed E-state index contributed by atoms with van der Waals surface area (Å²) in [5.74, 6) is -3.75. The molecule has 0 spiro atoms. The van der Waals surface area contributed by atoms with Gasteiger partial charge in [-0.25, -0.2) is 4.79 Å². The van der Waals surface area contributed by atoms with Crippen molar-refractivity contribution in [3.05, 3.63) is 30.1 Å². The van der Waals surface area contributed by atoms with Crippen LogP contribution >= 0.6 is 0 Å². The molecule has 0 aromatic carbocycles. The topological polar surface area (TPSA) is 187 Å². The maximum Gasteiger partial charge on any atom is 0.324 e. The van der Waals surface area contributed by atoms with Crippen molar-refractivity contribution >= 4 is 35.6 Å². The Kier molecular flexibility index (Phi) is 19.0. The van der Waals surface area contributed by atoms with Gasteiger partial charge in [-0.15, -0.1) is 0 Å². The number of carbonyl (C=O) groups excluding carboxylic acids is 6. The third-order valence-electron chi connectivity index (χ3n) is 9.59. The summed E-state index contributed by atoms with van der Waals surface area (Å²) in [6.07, 6.45) is 4.87. The lowest BCUT2D eigenvalue weighted by molar-refractivity contribution is -0.156. The first-order valence-electron chi connectivity index (χ1n) is 18.4. The lowest BCUT2D eigenvalue weighted by atomic mass is 9.90. The van der Waals surface area contributed by atoms with Crippen LogP contribution in [0.3, 0.4) is 0 Å². The van der Waals surface area contributed by atoms with E-state index in [1.807, 2.05) is 39.8 Å². The van der Waals surface area contributed by atoms with Gasteiger partial charge in [-0.2, -0.15) is 0 Å². The molecule has 0 aliphatic rings. The number of rotatable bonds is 20. The predicted octanol–water partition coefficient (Wildman–Crippen LogP) is 3.06. The van der Waals surface area contributed by atoms with Gasteiger partial charge >= 0.3 is 6.03 Å². The fourth-order valence-electron chi connectivity index (χ4n) is 6.43. The number of urea groups is 1. The number of hydrogen-bond donors (Lipinski definition) is 3. The van der Waals surface area contributed by atoms with E-state index in [1.54, 1.807) is 40.1 Å². The Hall–Kier alpha value is -4.07. The highest BCUT2D eigenvalue weighted by molar-refractivity contribution is 5.98. The number of primary amides is 1. The van der Waals surface area contributed by atoms with E-state index in [9.17, 15) is 33.9 Å². The van der Waals surface area contributed by atoms with Gasteiger partial charge in [0, 0.05) is 47.0 Å². The Labute approximate surface area is 310 Å². The summed E-state index contributed by atoms with van der Waals surface area (Å²) in [5.41, 5.74) is 6.84. The number of aromatic nitrogens is 1. The summed E-state index contributed by atoms with van der Waals surface area (Å²) in [4.78, 5) is 89.4. The second-order valence-electron chi connectivity index (χ2n) is 15.2. The number of aliphatic hydroxyl groups is 1. The highest BCUT2D eigenvalue weighted by atomic mass is 16.3. The molecule has 1 aromatic rings. The Morgan fingerprint density at radius 1 is 0.788 bits per heavy atom. The molecule has 14 heteroatoms. The van der Waals surface area contributed by atoms with E-state index < -0.39 is 71.8 Å². The number of aryl methyl sites for hydroxylation is 1. The molecule has 52 heavy (non-hydrogen) atoms. The fourth-order valence-corrected chi connectivity index (χ4v) is 6.43. The van der Waals surface area contributed by atoms with E-state index in [-0.39, 0.29) is 37.0 Å². The van der Waals surface area contributed by atoms with Gasteiger partial charge in [0.15, 0.2) is 0 Å². The summed E-state index contributed by atoms with van der Waals surface area (Å²) in [6.45, 7) is 14.6. The first-order chi connectivity index (χ1) is 24.2. The lowest BCUT2D eigenvalue weighted by Gasteiger charge is -2.41. The van der Waals surface area contributed by atoms with Crippen LogP contribution in [0.5, 0.6) is 0 Å². The van der Waals surface area contributed by atoms with E-state index in [0.717, 1.165) is 23.3 Å². The molecule has 6 atom stereocenters. The summed E-state index contributed by atoms with van der Waals surface area (Å²) >= 11 is 0. The molecule has 4 N–H and O–H groups in total. The van der Waals surface area contributed by atoms with Crippen LogP contribution in [0.4, 0.5) is 4.79 Å². The lowest BCUT2D eigenvalue weighted by Crippen LogP contribution is -2.62. The minimum atomic E-state index is -1.35. The summed E-state index contributed by atoms with van der Waals surface area (Å²) in [7, 11) is 5.84. The van der Waals surface area contributed by atoms with Gasteiger partial charge in [-0.1, -0.05) is 61.5 Å². The van der Waals surface area contributed by atoms with Crippen LogP contribution in [-0.4, -0.2) is 124 Å². The molecule has 0 saturated carbocycles. The number of imide groups is 1. The predicted molar refractivity (Wildman–Crippen MR) is 200 cm³/mol. The zero-order valence-corrected chi connectivity index (χ0v) is 33.5. The van der Waals surface area contributed by atoms with Crippen LogP contribution in [0.2, 0.25) is 0 Å². The van der Waals surface area contributed by atoms with Crippen LogP contribution in [0.15, 0.2) is 24.5 Å². The van der Waals surface area contributed by atoms with Crippen molar-refractivity contribution in [2.45, 2.75) is 124 Å². The molecule has 1 rings (SSSR count). The maximum absolute atomic E-state index is 14.4. The molecule has 1 heterocycles. The number of carbonyl (C=O) groups is 6.